The molecular formula is C11H17NS. The minimum atomic E-state index is 0.0671. The quantitative estimate of drug-likeness (QED) is 0.462. The van der Waals surface area contributed by atoms with Gasteiger partial charge < -0.3 is 0 Å². The summed E-state index contributed by atoms with van der Waals surface area (Å²) in [5.74, 6) is 1.61. The van der Waals surface area contributed by atoms with Crippen LogP contribution in [0.3, 0.4) is 0 Å². The highest BCUT2D eigenvalue weighted by atomic mass is 32.1. The maximum Gasteiger partial charge on any atom is 0.0764 e. The van der Waals surface area contributed by atoms with E-state index in [1.54, 1.807) is 0 Å². The Morgan fingerprint density at radius 2 is 1.85 bits per heavy atom. The van der Waals surface area contributed by atoms with Gasteiger partial charge in [-0.3, -0.25) is 0 Å². The van der Waals surface area contributed by atoms with Crippen LogP contribution < -0.4 is 0 Å². The molecule has 2 fully saturated rings. The van der Waals surface area contributed by atoms with E-state index in [2.05, 4.69) is 30.9 Å². The predicted molar refractivity (Wildman–Crippen MR) is 58.0 cm³/mol. The number of isothiocyanates is 1. The monoisotopic (exact) mass is 195 g/mol. The number of rotatable bonds is 1. The number of aliphatic imine (C=N–C) groups is 1. The molecule has 72 valence electrons. The van der Waals surface area contributed by atoms with Gasteiger partial charge in [-0.15, -0.1) is 0 Å². The van der Waals surface area contributed by atoms with Crippen molar-refractivity contribution < 1.29 is 0 Å². The fourth-order valence-electron chi connectivity index (χ4n) is 3.42. The second-order valence-electron chi connectivity index (χ2n) is 5.28. The molecule has 0 saturated heterocycles. The second kappa shape index (κ2) is 2.65. The maximum absolute atomic E-state index is 4.76. The molecule has 2 saturated carbocycles. The van der Waals surface area contributed by atoms with Gasteiger partial charge in [0, 0.05) is 0 Å². The maximum atomic E-state index is 4.76. The third-order valence-electron chi connectivity index (χ3n) is 4.83. The van der Waals surface area contributed by atoms with Crippen molar-refractivity contribution in [3.8, 4) is 0 Å². The van der Waals surface area contributed by atoms with Crippen LogP contribution in [-0.4, -0.2) is 10.7 Å². The Morgan fingerprint density at radius 1 is 1.23 bits per heavy atom. The lowest BCUT2D eigenvalue weighted by Crippen LogP contribution is -2.45. The minimum Gasteiger partial charge on any atom is -0.225 e. The summed E-state index contributed by atoms with van der Waals surface area (Å²) in [6.07, 6.45) is 4.08. The van der Waals surface area contributed by atoms with Crippen LogP contribution in [0.25, 0.3) is 0 Å². The summed E-state index contributed by atoms with van der Waals surface area (Å²) in [6.45, 7) is 6.94. The molecule has 2 bridgehead atoms. The lowest BCUT2D eigenvalue weighted by molar-refractivity contribution is 0.105. The highest BCUT2D eigenvalue weighted by Crippen LogP contribution is 2.62. The fraction of sp³-hybridized carbons (Fsp3) is 0.909. The Balaban J connectivity index is 2.43. The van der Waals surface area contributed by atoms with E-state index in [-0.39, 0.29) is 5.54 Å². The summed E-state index contributed by atoms with van der Waals surface area (Å²) in [5, 5.41) is 2.60. The molecule has 2 aliphatic carbocycles. The first-order valence-corrected chi connectivity index (χ1v) is 5.52. The standard InChI is InChI=1S/C11H17NS/c1-10(2)8-4-5-9(6-8)11(10,3)12-7-13/h8-9H,4-6H2,1-3H3/t8-,9+,11-/m1/s1. The highest BCUT2D eigenvalue weighted by molar-refractivity contribution is 7.78. The molecule has 0 amide bonds. The number of nitrogens with zero attached hydrogens (tertiary/aromatic N) is 1. The zero-order valence-electron chi connectivity index (χ0n) is 8.63. The van der Waals surface area contributed by atoms with Gasteiger partial charge in [-0.25, -0.2) is 4.99 Å². The molecule has 0 heterocycles. The lowest BCUT2D eigenvalue weighted by Gasteiger charge is -2.43. The molecule has 0 spiro atoms. The van der Waals surface area contributed by atoms with Crippen molar-refractivity contribution in [2.24, 2.45) is 22.2 Å². The van der Waals surface area contributed by atoms with Crippen LogP contribution in [0.2, 0.25) is 0 Å². The van der Waals surface area contributed by atoms with Gasteiger partial charge in [-0.1, -0.05) is 13.8 Å². The average molecular weight is 195 g/mol. The van der Waals surface area contributed by atoms with Gasteiger partial charge in [-0.2, -0.15) is 0 Å². The highest BCUT2D eigenvalue weighted by Gasteiger charge is 2.60. The van der Waals surface area contributed by atoms with Crippen LogP contribution in [0, 0.1) is 17.3 Å². The van der Waals surface area contributed by atoms with E-state index in [0.717, 1.165) is 11.8 Å². The van der Waals surface area contributed by atoms with E-state index in [9.17, 15) is 0 Å². The summed E-state index contributed by atoms with van der Waals surface area (Å²) in [4.78, 5) is 4.46. The third kappa shape index (κ3) is 0.992. The van der Waals surface area contributed by atoms with Crippen LogP contribution in [0.5, 0.6) is 0 Å². The Morgan fingerprint density at radius 3 is 2.31 bits per heavy atom. The summed E-state index contributed by atoms with van der Waals surface area (Å²) in [5.41, 5.74) is 0.388. The summed E-state index contributed by atoms with van der Waals surface area (Å²) in [7, 11) is 0. The lowest BCUT2D eigenvalue weighted by atomic mass is 9.64. The van der Waals surface area contributed by atoms with Crippen molar-refractivity contribution in [2.45, 2.75) is 45.6 Å². The van der Waals surface area contributed by atoms with Gasteiger partial charge >= 0.3 is 0 Å². The first-order valence-electron chi connectivity index (χ1n) is 5.11. The van der Waals surface area contributed by atoms with E-state index in [4.69, 9.17) is 12.2 Å². The van der Waals surface area contributed by atoms with Gasteiger partial charge in [0.1, 0.15) is 0 Å². The molecule has 2 heteroatoms. The number of hydrogen-bond acceptors (Lipinski definition) is 2. The molecule has 0 unspecified atom stereocenters. The van der Waals surface area contributed by atoms with Crippen LogP contribution in [0.4, 0.5) is 0 Å². The smallest absolute Gasteiger partial charge is 0.0764 e. The summed E-state index contributed by atoms with van der Waals surface area (Å²) < 4.78 is 0. The predicted octanol–water partition coefficient (Wildman–Crippen LogP) is 3.30. The summed E-state index contributed by atoms with van der Waals surface area (Å²) >= 11 is 4.76. The SMILES string of the molecule is CC1(C)[C@@H]2CC[C@@H](C2)[C@@]1(C)N=C=S. The van der Waals surface area contributed by atoms with Gasteiger partial charge in [0.05, 0.1) is 10.7 Å². The molecule has 13 heavy (non-hydrogen) atoms. The first kappa shape index (κ1) is 9.36. The molecule has 3 atom stereocenters. The molecule has 0 aromatic carbocycles. The Bertz CT molecular complexity index is 278. The number of thiocarbonyl (C=S) groups is 1. The van der Waals surface area contributed by atoms with Crippen molar-refractivity contribution in [1.82, 2.24) is 0 Å². The molecule has 0 aliphatic heterocycles. The summed E-state index contributed by atoms with van der Waals surface area (Å²) in [6, 6.07) is 0. The molecule has 2 aliphatic rings. The zero-order valence-corrected chi connectivity index (χ0v) is 9.45. The van der Waals surface area contributed by atoms with E-state index in [0.29, 0.717) is 5.41 Å². The van der Waals surface area contributed by atoms with Crippen molar-refractivity contribution >= 4 is 17.4 Å². The molecule has 2 rings (SSSR count). The van der Waals surface area contributed by atoms with Crippen LogP contribution >= 0.6 is 12.2 Å². The van der Waals surface area contributed by atoms with E-state index < -0.39 is 0 Å². The van der Waals surface area contributed by atoms with Gasteiger partial charge in [0.25, 0.3) is 0 Å². The molecule has 1 nitrogen and oxygen atoms in total. The van der Waals surface area contributed by atoms with E-state index in [1.165, 1.54) is 19.3 Å². The van der Waals surface area contributed by atoms with Crippen LogP contribution in [0.1, 0.15) is 40.0 Å². The second-order valence-corrected chi connectivity index (χ2v) is 5.46. The van der Waals surface area contributed by atoms with Gasteiger partial charge in [0.15, 0.2) is 0 Å². The number of fused-ring (bicyclic) bond motifs is 2. The van der Waals surface area contributed by atoms with Crippen molar-refractivity contribution in [2.75, 3.05) is 0 Å². The largest absolute Gasteiger partial charge is 0.225 e. The van der Waals surface area contributed by atoms with E-state index >= 15 is 0 Å². The molecular weight excluding hydrogens is 178 g/mol. The van der Waals surface area contributed by atoms with Crippen molar-refractivity contribution in [3.05, 3.63) is 0 Å². The Kier molecular flexibility index (Phi) is 1.91. The van der Waals surface area contributed by atoms with Gasteiger partial charge in [0.2, 0.25) is 0 Å². The van der Waals surface area contributed by atoms with Crippen molar-refractivity contribution in [1.29, 1.82) is 0 Å². The number of hydrogen-bond donors (Lipinski definition) is 0. The van der Waals surface area contributed by atoms with Crippen LogP contribution in [-0.2, 0) is 0 Å². The minimum absolute atomic E-state index is 0.0671. The van der Waals surface area contributed by atoms with Gasteiger partial charge in [-0.05, 0) is 55.7 Å². The Labute approximate surface area is 85.6 Å². The molecule has 0 radical (unpaired) electrons. The Hall–Kier alpha value is -0.200. The molecule has 0 aromatic heterocycles. The fourth-order valence-corrected chi connectivity index (χ4v) is 3.61. The molecule has 0 N–H and O–H groups in total. The topological polar surface area (TPSA) is 12.4 Å². The first-order chi connectivity index (χ1) is 6.02. The van der Waals surface area contributed by atoms with Crippen molar-refractivity contribution in [3.63, 3.8) is 0 Å². The molecule has 0 aromatic rings. The third-order valence-corrected chi connectivity index (χ3v) is 4.92. The normalized spacial score (nSPS) is 46.1. The zero-order chi connectivity index (χ0) is 9.69. The van der Waals surface area contributed by atoms with E-state index in [1.807, 2.05) is 0 Å². The van der Waals surface area contributed by atoms with Crippen LogP contribution in [0.15, 0.2) is 4.99 Å². The average Bonchev–Trinajstić information content (AvgIpc) is 2.56.